The van der Waals surface area contributed by atoms with Crippen molar-refractivity contribution in [3.63, 3.8) is 0 Å². The van der Waals surface area contributed by atoms with Crippen molar-refractivity contribution in [3.8, 4) is 0 Å². The van der Waals surface area contributed by atoms with Crippen LogP contribution in [-0.4, -0.2) is 0 Å². The molecule has 1 heterocycles. The van der Waals surface area contributed by atoms with Gasteiger partial charge in [0.1, 0.15) is 0 Å². The van der Waals surface area contributed by atoms with Gasteiger partial charge < -0.3 is 0 Å². The summed E-state index contributed by atoms with van der Waals surface area (Å²) in [4.78, 5) is 2.78. The van der Waals surface area contributed by atoms with E-state index in [2.05, 4.69) is 39.8 Å². The number of alkyl halides is 1. The summed E-state index contributed by atoms with van der Waals surface area (Å²) in [5.41, 5.74) is 0.251. The summed E-state index contributed by atoms with van der Waals surface area (Å²) in [6.07, 6.45) is 7.74. The van der Waals surface area contributed by atoms with Crippen LogP contribution in [0.4, 0.5) is 0 Å². The average Bonchev–Trinajstić information content (AvgIpc) is 2.77. The molecule has 0 saturated heterocycles. The van der Waals surface area contributed by atoms with Crippen LogP contribution in [0.15, 0.2) is 12.1 Å². The van der Waals surface area contributed by atoms with E-state index < -0.39 is 0 Å². The smallest absolute Gasteiger partial charge is 0.0678 e. The van der Waals surface area contributed by atoms with Gasteiger partial charge in [0.25, 0.3) is 0 Å². The van der Waals surface area contributed by atoms with E-state index in [1.165, 1.54) is 41.9 Å². The minimum absolute atomic E-state index is 0.215. The van der Waals surface area contributed by atoms with Crippen LogP contribution in [0.2, 0.25) is 0 Å². The maximum atomic E-state index is 6.49. The molecular formula is C16H27ClS. The molecule has 1 aromatic rings. The zero-order chi connectivity index (χ0) is 13.6. The highest BCUT2D eigenvalue weighted by atomic mass is 35.5. The zero-order valence-corrected chi connectivity index (χ0v) is 13.8. The normalized spacial score (nSPS) is 13.8. The maximum Gasteiger partial charge on any atom is 0.0678 e. The highest BCUT2D eigenvalue weighted by Gasteiger charge is 2.18. The average molecular weight is 287 g/mol. The van der Waals surface area contributed by atoms with Gasteiger partial charge in [0.15, 0.2) is 0 Å². The van der Waals surface area contributed by atoms with Crippen molar-refractivity contribution in [2.24, 2.45) is 0 Å². The van der Waals surface area contributed by atoms with Crippen molar-refractivity contribution < 1.29 is 0 Å². The fraction of sp³-hybridized carbons (Fsp3) is 0.750. The van der Waals surface area contributed by atoms with Gasteiger partial charge in [-0.2, -0.15) is 0 Å². The Hall–Kier alpha value is -0.0100. The van der Waals surface area contributed by atoms with Gasteiger partial charge in [0, 0.05) is 9.75 Å². The quantitative estimate of drug-likeness (QED) is 0.387. The highest BCUT2D eigenvalue weighted by Crippen LogP contribution is 2.36. The molecule has 0 N–H and O–H groups in total. The zero-order valence-electron chi connectivity index (χ0n) is 12.3. The van der Waals surface area contributed by atoms with Gasteiger partial charge in [0.05, 0.1) is 5.38 Å². The second-order valence-corrected chi connectivity index (χ2v) is 7.76. The molecule has 0 bridgehead atoms. The van der Waals surface area contributed by atoms with E-state index in [9.17, 15) is 0 Å². The Morgan fingerprint density at radius 1 is 1.11 bits per heavy atom. The molecule has 18 heavy (non-hydrogen) atoms. The fourth-order valence-corrected chi connectivity index (χ4v) is 3.43. The van der Waals surface area contributed by atoms with Gasteiger partial charge in [-0.05, 0) is 24.0 Å². The Morgan fingerprint density at radius 3 is 2.33 bits per heavy atom. The predicted molar refractivity (Wildman–Crippen MR) is 85.0 cm³/mol. The Morgan fingerprint density at radius 2 is 1.78 bits per heavy atom. The lowest BCUT2D eigenvalue weighted by Crippen LogP contribution is -2.07. The van der Waals surface area contributed by atoms with Crippen LogP contribution in [0.3, 0.4) is 0 Å². The SMILES string of the molecule is CCCCCCCC(Cl)c1ccc(C(C)(C)C)s1. The number of halogens is 1. The van der Waals surface area contributed by atoms with E-state index in [0.29, 0.717) is 0 Å². The molecule has 0 fully saturated rings. The summed E-state index contributed by atoms with van der Waals surface area (Å²) < 4.78 is 0. The Balaban J connectivity index is 2.37. The predicted octanol–water partition coefficient (Wildman–Crippen LogP) is 6.69. The van der Waals surface area contributed by atoms with E-state index >= 15 is 0 Å². The van der Waals surface area contributed by atoms with E-state index in [-0.39, 0.29) is 10.8 Å². The van der Waals surface area contributed by atoms with Crippen LogP contribution in [0.5, 0.6) is 0 Å². The molecule has 0 amide bonds. The molecule has 0 nitrogen and oxygen atoms in total. The summed E-state index contributed by atoms with van der Waals surface area (Å²) >= 11 is 8.38. The summed E-state index contributed by atoms with van der Waals surface area (Å²) in [6, 6.07) is 4.46. The number of thiophene rings is 1. The lowest BCUT2D eigenvalue weighted by atomic mass is 9.95. The maximum absolute atomic E-state index is 6.49. The molecule has 0 spiro atoms. The van der Waals surface area contributed by atoms with E-state index in [4.69, 9.17) is 11.6 Å². The Labute approximate surface area is 122 Å². The molecule has 0 aliphatic heterocycles. The van der Waals surface area contributed by atoms with Gasteiger partial charge in [-0.25, -0.2) is 0 Å². The fourth-order valence-electron chi connectivity index (χ4n) is 1.99. The van der Waals surface area contributed by atoms with Crippen molar-refractivity contribution in [2.75, 3.05) is 0 Å². The monoisotopic (exact) mass is 286 g/mol. The van der Waals surface area contributed by atoms with Gasteiger partial charge in [-0.3, -0.25) is 0 Å². The topological polar surface area (TPSA) is 0 Å². The van der Waals surface area contributed by atoms with Crippen LogP contribution in [0.25, 0.3) is 0 Å². The van der Waals surface area contributed by atoms with Crippen molar-refractivity contribution in [2.45, 2.75) is 77.0 Å². The van der Waals surface area contributed by atoms with Gasteiger partial charge in [-0.1, -0.05) is 59.8 Å². The van der Waals surface area contributed by atoms with Gasteiger partial charge in [0.2, 0.25) is 0 Å². The molecule has 0 radical (unpaired) electrons. The molecule has 104 valence electrons. The molecule has 1 unspecified atom stereocenters. The van der Waals surface area contributed by atoms with Crippen molar-refractivity contribution in [3.05, 3.63) is 21.9 Å². The molecule has 1 aromatic heterocycles. The van der Waals surface area contributed by atoms with Crippen LogP contribution in [0.1, 0.15) is 81.4 Å². The van der Waals surface area contributed by atoms with Crippen LogP contribution >= 0.6 is 22.9 Å². The first-order valence-corrected chi connectivity index (χ1v) is 8.44. The molecule has 0 aliphatic carbocycles. The highest BCUT2D eigenvalue weighted by molar-refractivity contribution is 7.12. The largest absolute Gasteiger partial charge is 0.143 e. The molecule has 0 saturated carbocycles. The molecular weight excluding hydrogens is 260 g/mol. The van der Waals surface area contributed by atoms with Crippen molar-refractivity contribution >= 4 is 22.9 Å². The van der Waals surface area contributed by atoms with E-state index in [1.54, 1.807) is 0 Å². The molecule has 2 heteroatoms. The third-order valence-electron chi connectivity index (χ3n) is 3.24. The van der Waals surface area contributed by atoms with E-state index in [1.807, 2.05) is 11.3 Å². The lowest BCUT2D eigenvalue weighted by Gasteiger charge is -2.15. The molecule has 0 aromatic carbocycles. The minimum Gasteiger partial charge on any atom is -0.143 e. The molecule has 1 rings (SSSR count). The first-order chi connectivity index (χ1) is 8.45. The summed E-state index contributed by atoms with van der Waals surface area (Å²) in [6.45, 7) is 9.04. The molecule has 0 aliphatic rings. The van der Waals surface area contributed by atoms with Gasteiger partial charge >= 0.3 is 0 Å². The number of unbranched alkanes of at least 4 members (excludes halogenated alkanes) is 4. The standard InChI is InChI=1S/C16H27ClS/c1-5-6-7-8-9-10-13(17)14-11-12-15(18-14)16(2,3)4/h11-13H,5-10H2,1-4H3. The van der Waals surface area contributed by atoms with E-state index in [0.717, 1.165) is 6.42 Å². The number of rotatable bonds is 7. The summed E-state index contributed by atoms with van der Waals surface area (Å²) in [7, 11) is 0. The minimum atomic E-state index is 0.215. The second-order valence-electron chi connectivity index (χ2n) is 6.12. The van der Waals surface area contributed by atoms with Gasteiger partial charge in [-0.15, -0.1) is 22.9 Å². The molecule has 1 atom stereocenters. The van der Waals surface area contributed by atoms with Crippen LogP contribution in [-0.2, 0) is 5.41 Å². The first kappa shape index (κ1) is 16.0. The second kappa shape index (κ2) is 7.55. The first-order valence-electron chi connectivity index (χ1n) is 7.19. The Bertz CT molecular complexity index is 335. The Kier molecular flexibility index (Phi) is 6.73. The van der Waals surface area contributed by atoms with Crippen LogP contribution < -0.4 is 0 Å². The number of hydrogen-bond donors (Lipinski definition) is 0. The third-order valence-corrected chi connectivity index (χ3v) is 5.44. The van der Waals surface area contributed by atoms with Crippen molar-refractivity contribution in [1.29, 1.82) is 0 Å². The summed E-state index contributed by atoms with van der Waals surface area (Å²) in [5, 5.41) is 0.215. The third kappa shape index (κ3) is 5.32. The van der Waals surface area contributed by atoms with Crippen LogP contribution in [0, 0.1) is 0 Å². The lowest BCUT2D eigenvalue weighted by molar-refractivity contribution is 0.603. The summed E-state index contributed by atoms with van der Waals surface area (Å²) in [5.74, 6) is 0. The number of hydrogen-bond acceptors (Lipinski definition) is 1. The van der Waals surface area contributed by atoms with Crippen molar-refractivity contribution in [1.82, 2.24) is 0 Å².